The Hall–Kier alpha value is -2.73. The van der Waals surface area contributed by atoms with Crippen molar-refractivity contribution >= 4 is 29.0 Å². The highest BCUT2D eigenvalue weighted by Gasteiger charge is 2.15. The van der Waals surface area contributed by atoms with E-state index in [0.717, 1.165) is 0 Å². The number of rotatable bonds is 6. The Morgan fingerprint density at radius 3 is 2.38 bits per heavy atom. The molecule has 0 bridgehead atoms. The van der Waals surface area contributed by atoms with Gasteiger partial charge in [0.2, 0.25) is 6.10 Å². The number of halogens is 1. The predicted molar refractivity (Wildman–Crippen MR) is 94.3 cm³/mol. The van der Waals surface area contributed by atoms with E-state index >= 15 is 0 Å². The first kappa shape index (κ1) is 17.6. The fraction of sp³-hybridized carbons (Fsp3) is 0.176. The highest BCUT2D eigenvalue weighted by molar-refractivity contribution is 6.30. The molecule has 0 aliphatic heterocycles. The fourth-order valence-corrected chi connectivity index (χ4v) is 1.90. The molecular weight excluding hydrogens is 330 g/mol. The monoisotopic (exact) mass is 347 g/mol. The number of benzene rings is 2. The first-order valence-electron chi connectivity index (χ1n) is 7.19. The number of hydrogen-bond acceptors (Lipinski definition) is 4. The Bertz CT molecular complexity index is 715. The summed E-state index contributed by atoms with van der Waals surface area (Å²) in [5.74, 6) is 0.529. The molecule has 126 valence electrons. The summed E-state index contributed by atoms with van der Waals surface area (Å²) in [4.78, 5) is 17.2. The van der Waals surface area contributed by atoms with Crippen molar-refractivity contribution in [2.45, 2.75) is 13.0 Å². The number of carbonyl (C=O) groups excluding carboxylic acids is 1. The number of ether oxygens (including phenoxy) is 1. The highest BCUT2D eigenvalue weighted by atomic mass is 35.5. The number of carbonyl (C=O) groups is 1. The molecule has 1 amide bonds. The van der Waals surface area contributed by atoms with Crippen LogP contribution in [0, 0.1) is 0 Å². The molecule has 0 radical (unpaired) electrons. The molecule has 1 atom stereocenters. The van der Waals surface area contributed by atoms with Crippen LogP contribution in [0.2, 0.25) is 5.02 Å². The zero-order valence-corrected chi connectivity index (χ0v) is 14.1. The Morgan fingerprint density at radius 2 is 1.79 bits per heavy atom. The first-order chi connectivity index (χ1) is 11.5. The molecule has 0 aliphatic carbocycles. The smallest absolute Gasteiger partial charge is 0.267 e. The molecule has 0 spiro atoms. The predicted octanol–water partition coefficient (Wildman–Crippen LogP) is 3.01. The molecule has 6 nitrogen and oxygen atoms in total. The van der Waals surface area contributed by atoms with Crippen molar-refractivity contribution in [1.82, 2.24) is 0 Å². The van der Waals surface area contributed by atoms with E-state index in [1.807, 2.05) is 0 Å². The lowest BCUT2D eigenvalue weighted by Gasteiger charge is -2.11. The lowest BCUT2D eigenvalue weighted by atomic mass is 10.2. The zero-order valence-electron chi connectivity index (χ0n) is 13.3. The van der Waals surface area contributed by atoms with Gasteiger partial charge in [0.1, 0.15) is 5.75 Å². The molecular formula is C17H18ClN3O3. The molecule has 2 rings (SSSR count). The molecule has 0 saturated carbocycles. The summed E-state index contributed by atoms with van der Waals surface area (Å²) >= 11 is 5.81. The van der Waals surface area contributed by atoms with E-state index in [-0.39, 0.29) is 11.7 Å². The summed E-state index contributed by atoms with van der Waals surface area (Å²) in [6, 6.07) is 13.8. The topological polar surface area (TPSA) is 85.9 Å². The van der Waals surface area contributed by atoms with Gasteiger partial charge in [0.05, 0.1) is 7.11 Å². The molecule has 0 aliphatic rings. The molecule has 3 N–H and O–H groups in total. The van der Waals surface area contributed by atoms with Crippen LogP contribution >= 0.6 is 11.6 Å². The minimum Gasteiger partial charge on any atom is -0.497 e. The van der Waals surface area contributed by atoms with Crippen LogP contribution in [-0.4, -0.2) is 25.0 Å². The second-order valence-electron chi connectivity index (χ2n) is 4.95. The van der Waals surface area contributed by atoms with Gasteiger partial charge in [0, 0.05) is 16.3 Å². The Labute approximate surface area is 145 Å². The van der Waals surface area contributed by atoms with Crippen molar-refractivity contribution < 1.29 is 14.4 Å². The number of hydrogen-bond donors (Lipinski definition) is 2. The number of nitrogens with zero attached hydrogens (tertiary/aromatic N) is 1. The van der Waals surface area contributed by atoms with Crippen molar-refractivity contribution in [2.75, 3.05) is 12.4 Å². The van der Waals surface area contributed by atoms with Crippen LogP contribution in [-0.2, 0) is 9.63 Å². The van der Waals surface area contributed by atoms with Gasteiger partial charge in [-0.1, -0.05) is 16.8 Å². The molecule has 24 heavy (non-hydrogen) atoms. The van der Waals surface area contributed by atoms with E-state index in [0.29, 0.717) is 22.0 Å². The summed E-state index contributed by atoms with van der Waals surface area (Å²) in [5.41, 5.74) is 7.10. The van der Waals surface area contributed by atoms with E-state index in [9.17, 15) is 4.79 Å². The molecule has 7 heteroatoms. The van der Waals surface area contributed by atoms with Gasteiger partial charge < -0.3 is 20.6 Å². The van der Waals surface area contributed by atoms with Crippen LogP contribution in [0.15, 0.2) is 53.7 Å². The summed E-state index contributed by atoms with van der Waals surface area (Å²) in [7, 11) is 1.58. The maximum Gasteiger partial charge on any atom is 0.267 e. The van der Waals surface area contributed by atoms with E-state index < -0.39 is 6.10 Å². The van der Waals surface area contributed by atoms with Crippen molar-refractivity contribution in [1.29, 1.82) is 0 Å². The summed E-state index contributed by atoms with van der Waals surface area (Å²) in [5, 5.41) is 7.10. The van der Waals surface area contributed by atoms with Gasteiger partial charge in [-0.2, -0.15) is 0 Å². The molecule has 0 fully saturated rings. The van der Waals surface area contributed by atoms with Crippen molar-refractivity contribution in [3.8, 4) is 5.75 Å². The minimum atomic E-state index is -0.807. The van der Waals surface area contributed by atoms with Crippen molar-refractivity contribution in [3.63, 3.8) is 0 Å². The highest BCUT2D eigenvalue weighted by Crippen LogP contribution is 2.15. The standard InChI is InChI=1S/C17H18ClN3O3/c1-11(17(22)20-14-7-9-15(23-2)10-8-14)24-21-16(19)12-3-5-13(18)6-4-12/h3-11H,1-2H3,(H2,19,21)(H,20,22). The summed E-state index contributed by atoms with van der Waals surface area (Å²) in [6.45, 7) is 1.58. The average Bonchev–Trinajstić information content (AvgIpc) is 2.60. The van der Waals surface area contributed by atoms with Gasteiger partial charge in [-0.3, -0.25) is 4.79 Å². The molecule has 0 aromatic heterocycles. The maximum absolute atomic E-state index is 12.1. The number of oxime groups is 1. The quantitative estimate of drug-likeness (QED) is 0.478. The van der Waals surface area contributed by atoms with E-state index in [4.69, 9.17) is 26.9 Å². The van der Waals surface area contributed by atoms with E-state index in [1.165, 1.54) is 0 Å². The van der Waals surface area contributed by atoms with Crippen molar-refractivity contribution in [3.05, 3.63) is 59.1 Å². The number of amidine groups is 1. The van der Waals surface area contributed by atoms with Crippen LogP contribution in [0.3, 0.4) is 0 Å². The van der Waals surface area contributed by atoms with Gasteiger partial charge >= 0.3 is 0 Å². The number of amides is 1. The lowest BCUT2D eigenvalue weighted by Crippen LogP contribution is -2.27. The van der Waals surface area contributed by atoms with Gasteiger partial charge in [0.25, 0.3) is 5.91 Å². The molecule has 2 aromatic rings. The van der Waals surface area contributed by atoms with Crippen LogP contribution in [0.25, 0.3) is 0 Å². The molecule has 0 heterocycles. The number of anilines is 1. The third kappa shape index (κ3) is 4.89. The average molecular weight is 348 g/mol. The van der Waals surface area contributed by atoms with Crippen LogP contribution in [0.4, 0.5) is 5.69 Å². The normalized spacial score (nSPS) is 12.4. The fourth-order valence-electron chi connectivity index (χ4n) is 1.78. The van der Waals surface area contributed by atoms with Crippen LogP contribution in [0.1, 0.15) is 12.5 Å². The minimum absolute atomic E-state index is 0.163. The number of nitrogens with one attached hydrogen (secondary N) is 1. The largest absolute Gasteiger partial charge is 0.497 e. The molecule has 2 aromatic carbocycles. The summed E-state index contributed by atoms with van der Waals surface area (Å²) in [6.07, 6.45) is -0.807. The van der Waals surface area contributed by atoms with Gasteiger partial charge in [0.15, 0.2) is 5.84 Å². The van der Waals surface area contributed by atoms with Gasteiger partial charge in [-0.15, -0.1) is 0 Å². The third-order valence-electron chi connectivity index (χ3n) is 3.18. The van der Waals surface area contributed by atoms with Crippen molar-refractivity contribution in [2.24, 2.45) is 10.9 Å². The number of nitrogens with two attached hydrogens (primary N) is 1. The second kappa shape index (κ2) is 8.21. The van der Waals surface area contributed by atoms with E-state index in [2.05, 4.69) is 10.5 Å². The Kier molecular flexibility index (Phi) is 6.03. The first-order valence-corrected chi connectivity index (χ1v) is 7.57. The van der Waals surface area contributed by atoms with E-state index in [1.54, 1.807) is 62.6 Å². The Morgan fingerprint density at radius 1 is 1.17 bits per heavy atom. The summed E-state index contributed by atoms with van der Waals surface area (Å²) < 4.78 is 5.06. The van der Waals surface area contributed by atoms with Crippen LogP contribution < -0.4 is 15.8 Å². The second-order valence-corrected chi connectivity index (χ2v) is 5.39. The maximum atomic E-state index is 12.1. The zero-order chi connectivity index (χ0) is 17.5. The Balaban J connectivity index is 1.92. The molecule has 0 saturated heterocycles. The lowest BCUT2D eigenvalue weighted by molar-refractivity contribution is -0.126. The van der Waals surface area contributed by atoms with Crippen LogP contribution in [0.5, 0.6) is 5.75 Å². The molecule has 1 unspecified atom stereocenters. The third-order valence-corrected chi connectivity index (χ3v) is 3.43. The van der Waals surface area contributed by atoms with Gasteiger partial charge in [-0.05, 0) is 55.5 Å². The SMILES string of the molecule is COc1ccc(NC(=O)C(C)O/N=C(\N)c2ccc(Cl)cc2)cc1. The van der Waals surface area contributed by atoms with Gasteiger partial charge in [-0.25, -0.2) is 0 Å². The number of methoxy groups -OCH3 is 1.